The molecule has 20 heavy (non-hydrogen) atoms. The molecule has 1 aliphatic rings. The van der Waals surface area contributed by atoms with Crippen LogP contribution in [0.2, 0.25) is 0 Å². The van der Waals surface area contributed by atoms with Gasteiger partial charge in [-0.15, -0.1) is 0 Å². The van der Waals surface area contributed by atoms with Crippen molar-refractivity contribution in [2.45, 2.75) is 25.8 Å². The number of hydrogen-bond donors (Lipinski definition) is 3. The smallest absolute Gasteiger partial charge is 0.326 e. The first-order valence-corrected chi connectivity index (χ1v) is 6.63. The normalized spacial score (nSPS) is 15.2. The fraction of sp³-hybridized carbons (Fsp3) is 0.429. The molecule has 6 heteroatoms. The Bertz CT molecular complexity index is 500. The molecule has 6 nitrogen and oxygen atoms in total. The Morgan fingerprint density at radius 2 is 2.20 bits per heavy atom. The van der Waals surface area contributed by atoms with Gasteiger partial charge >= 0.3 is 12.0 Å². The van der Waals surface area contributed by atoms with Crippen LogP contribution in [0.5, 0.6) is 5.75 Å². The van der Waals surface area contributed by atoms with Crippen LogP contribution in [-0.4, -0.2) is 29.8 Å². The minimum absolute atomic E-state index is 0.0491. The second kappa shape index (κ2) is 6.27. The van der Waals surface area contributed by atoms with E-state index >= 15 is 0 Å². The number of anilines is 1. The largest absolute Gasteiger partial charge is 0.494 e. The summed E-state index contributed by atoms with van der Waals surface area (Å²) in [6.45, 7) is 2.42. The van der Waals surface area contributed by atoms with Gasteiger partial charge in [-0.1, -0.05) is 6.07 Å². The van der Waals surface area contributed by atoms with E-state index < -0.39 is 18.0 Å². The first-order valence-electron chi connectivity index (χ1n) is 6.63. The Balaban J connectivity index is 1.93. The van der Waals surface area contributed by atoms with Crippen molar-refractivity contribution in [3.63, 3.8) is 0 Å². The van der Waals surface area contributed by atoms with Gasteiger partial charge in [0.15, 0.2) is 0 Å². The highest BCUT2D eigenvalue weighted by Gasteiger charge is 2.37. The van der Waals surface area contributed by atoms with Crippen LogP contribution in [0.15, 0.2) is 24.3 Å². The number of urea groups is 1. The van der Waals surface area contributed by atoms with Gasteiger partial charge in [-0.2, -0.15) is 0 Å². The summed E-state index contributed by atoms with van der Waals surface area (Å²) in [5, 5.41) is 14.2. The minimum atomic E-state index is -0.995. The van der Waals surface area contributed by atoms with Crippen molar-refractivity contribution in [3.05, 3.63) is 24.3 Å². The number of aliphatic carboxylic acids is 1. The van der Waals surface area contributed by atoms with Gasteiger partial charge in [0.1, 0.15) is 11.8 Å². The predicted molar refractivity (Wildman–Crippen MR) is 73.9 cm³/mol. The number of carbonyl (C=O) groups excluding carboxylic acids is 1. The highest BCUT2D eigenvalue weighted by atomic mass is 16.5. The third-order valence-electron chi connectivity index (χ3n) is 3.05. The monoisotopic (exact) mass is 278 g/mol. The van der Waals surface area contributed by atoms with Crippen molar-refractivity contribution in [2.24, 2.45) is 5.92 Å². The van der Waals surface area contributed by atoms with Gasteiger partial charge in [-0.25, -0.2) is 9.59 Å². The van der Waals surface area contributed by atoms with Crippen molar-refractivity contribution in [1.82, 2.24) is 5.32 Å². The van der Waals surface area contributed by atoms with Crippen LogP contribution in [0.25, 0.3) is 0 Å². The van der Waals surface area contributed by atoms with Crippen LogP contribution in [-0.2, 0) is 4.79 Å². The molecule has 1 unspecified atom stereocenters. The maximum absolute atomic E-state index is 11.8. The molecule has 0 aromatic heterocycles. The number of carboxylic acids is 1. The number of rotatable bonds is 6. The number of benzene rings is 1. The molecule has 0 radical (unpaired) electrons. The molecule has 0 saturated heterocycles. The molecule has 1 atom stereocenters. The molecular formula is C14H18N2O4. The zero-order valence-electron chi connectivity index (χ0n) is 11.3. The van der Waals surface area contributed by atoms with Crippen molar-refractivity contribution in [1.29, 1.82) is 0 Å². The minimum Gasteiger partial charge on any atom is -0.494 e. The van der Waals surface area contributed by atoms with Crippen LogP contribution in [0, 0.1) is 5.92 Å². The summed E-state index contributed by atoms with van der Waals surface area (Å²) in [5.41, 5.74) is 0.563. The van der Waals surface area contributed by atoms with Crippen LogP contribution in [0.3, 0.4) is 0 Å². The molecule has 0 heterocycles. The molecule has 0 spiro atoms. The molecule has 108 valence electrons. The fourth-order valence-electron chi connectivity index (χ4n) is 1.95. The van der Waals surface area contributed by atoms with Gasteiger partial charge in [0.2, 0.25) is 0 Å². The average molecular weight is 278 g/mol. The number of hydrogen-bond acceptors (Lipinski definition) is 3. The summed E-state index contributed by atoms with van der Waals surface area (Å²) in [6, 6.07) is 5.63. The number of carboxylic acid groups (broad SMARTS) is 1. The third kappa shape index (κ3) is 3.88. The highest BCUT2D eigenvalue weighted by molar-refractivity contribution is 5.92. The van der Waals surface area contributed by atoms with Crippen LogP contribution < -0.4 is 15.4 Å². The van der Waals surface area contributed by atoms with E-state index in [-0.39, 0.29) is 5.92 Å². The van der Waals surface area contributed by atoms with E-state index in [9.17, 15) is 9.59 Å². The summed E-state index contributed by atoms with van der Waals surface area (Å²) in [7, 11) is 0. The number of amides is 2. The molecule has 3 N–H and O–H groups in total. The lowest BCUT2D eigenvalue weighted by molar-refractivity contribution is -0.139. The summed E-state index contributed by atoms with van der Waals surface area (Å²) >= 11 is 0. The molecule has 1 aliphatic carbocycles. The molecule has 1 saturated carbocycles. The molecule has 2 amide bonds. The Morgan fingerprint density at radius 1 is 1.45 bits per heavy atom. The summed E-state index contributed by atoms with van der Waals surface area (Å²) in [6.07, 6.45) is 1.69. The zero-order chi connectivity index (χ0) is 14.5. The lowest BCUT2D eigenvalue weighted by Crippen LogP contribution is -2.44. The van der Waals surface area contributed by atoms with Crippen molar-refractivity contribution < 1.29 is 19.4 Å². The van der Waals surface area contributed by atoms with E-state index in [2.05, 4.69) is 10.6 Å². The Hall–Kier alpha value is -2.24. The van der Waals surface area contributed by atoms with Gasteiger partial charge in [-0.3, -0.25) is 0 Å². The quantitative estimate of drug-likeness (QED) is 0.743. The molecular weight excluding hydrogens is 260 g/mol. The lowest BCUT2D eigenvalue weighted by atomic mass is 10.2. The van der Waals surface area contributed by atoms with Gasteiger partial charge in [0.05, 0.1) is 6.61 Å². The second-order valence-electron chi connectivity index (χ2n) is 4.71. The molecule has 2 rings (SSSR count). The number of ether oxygens (including phenoxy) is 1. The fourth-order valence-corrected chi connectivity index (χ4v) is 1.95. The Morgan fingerprint density at radius 3 is 2.80 bits per heavy atom. The molecule has 1 fully saturated rings. The van der Waals surface area contributed by atoms with Gasteiger partial charge < -0.3 is 20.5 Å². The van der Waals surface area contributed by atoms with E-state index in [1.54, 1.807) is 24.3 Å². The summed E-state index contributed by atoms with van der Waals surface area (Å²) in [4.78, 5) is 22.8. The van der Waals surface area contributed by atoms with E-state index in [1.165, 1.54) is 0 Å². The van der Waals surface area contributed by atoms with Crippen LogP contribution in [0.1, 0.15) is 19.8 Å². The first-order chi connectivity index (χ1) is 9.60. The molecule has 1 aromatic carbocycles. The topological polar surface area (TPSA) is 87.7 Å². The molecule has 1 aromatic rings. The highest BCUT2D eigenvalue weighted by Crippen LogP contribution is 2.32. The standard InChI is InChI=1S/C14H18N2O4/c1-2-20-11-5-3-4-10(8-11)15-14(19)16-12(13(17)18)9-6-7-9/h3-5,8-9,12H,2,6-7H2,1H3,(H,17,18)(H2,15,16,19). The zero-order valence-corrected chi connectivity index (χ0v) is 11.3. The second-order valence-corrected chi connectivity index (χ2v) is 4.71. The van der Waals surface area contributed by atoms with Crippen LogP contribution in [0.4, 0.5) is 10.5 Å². The summed E-state index contributed by atoms with van der Waals surface area (Å²) < 4.78 is 5.33. The van der Waals surface area contributed by atoms with Gasteiger partial charge in [0, 0.05) is 11.8 Å². The van der Waals surface area contributed by atoms with Crippen molar-refractivity contribution >= 4 is 17.7 Å². The number of carbonyl (C=O) groups is 2. The SMILES string of the molecule is CCOc1cccc(NC(=O)NC(C(=O)O)C2CC2)c1. The maximum atomic E-state index is 11.8. The van der Waals surface area contributed by atoms with Gasteiger partial charge in [-0.05, 0) is 37.8 Å². The number of nitrogens with one attached hydrogen (secondary N) is 2. The Kier molecular flexibility index (Phi) is 4.45. The predicted octanol–water partition coefficient (Wildman–Crippen LogP) is 2.07. The summed E-state index contributed by atoms with van der Waals surface area (Å²) in [5.74, 6) is -0.291. The maximum Gasteiger partial charge on any atom is 0.326 e. The lowest BCUT2D eigenvalue weighted by Gasteiger charge is -2.14. The first kappa shape index (κ1) is 14.2. The van der Waals surface area contributed by atoms with E-state index in [1.807, 2.05) is 6.92 Å². The average Bonchev–Trinajstić information content (AvgIpc) is 3.20. The van der Waals surface area contributed by atoms with Gasteiger partial charge in [0.25, 0.3) is 0 Å². The van der Waals surface area contributed by atoms with E-state index in [4.69, 9.17) is 9.84 Å². The third-order valence-corrected chi connectivity index (χ3v) is 3.05. The Labute approximate surface area is 117 Å². The van der Waals surface area contributed by atoms with Crippen molar-refractivity contribution in [2.75, 3.05) is 11.9 Å². The van der Waals surface area contributed by atoms with Crippen LogP contribution >= 0.6 is 0 Å². The van der Waals surface area contributed by atoms with Crippen molar-refractivity contribution in [3.8, 4) is 5.75 Å². The van der Waals surface area contributed by atoms with E-state index in [0.29, 0.717) is 18.0 Å². The molecule has 0 aliphatic heterocycles. The molecule has 0 bridgehead atoms. The van der Waals surface area contributed by atoms with E-state index in [0.717, 1.165) is 12.8 Å².